The highest BCUT2D eigenvalue weighted by Gasteiger charge is 2.20. The van der Waals surface area contributed by atoms with E-state index in [0.29, 0.717) is 22.0 Å². The minimum Gasteiger partial charge on any atom is -0.452 e. The number of hydrogen-bond donors (Lipinski definition) is 1. The van der Waals surface area contributed by atoms with Gasteiger partial charge in [-0.1, -0.05) is 12.1 Å². The molecule has 0 bridgehead atoms. The third kappa shape index (κ3) is 5.24. The molecule has 29 heavy (non-hydrogen) atoms. The Morgan fingerprint density at radius 3 is 2.69 bits per heavy atom. The van der Waals surface area contributed by atoms with Gasteiger partial charge >= 0.3 is 5.97 Å². The zero-order valence-corrected chi connectivity index (χ0v) is 16.2. The van der Waals surface area contributed by atoms with E-state index in [1.165, 1.54) is 30.4 Å². The SMILES string of the molecule is C[C@@H](OC(=O)Cc1csc(-c2ccc(F)cc2)n1)C(=O)Nc1ccccc1C#N. The molecule has 0 spiro atoms. The molecular formula is C21H16FN3O3S. The molecule has 1 amide bonds. The highest BCUT2D eigenvalue weighted by molar-refractivity contribution is 7.13. The van der Waals surface area contributed by atoms with Crippen LogP contribution in [0.5, 0.6) is 0 Å². The van der Waals surface area contributed by atoms with Gasteiger partial charge in [0.1, 0.15) is 16.9 Å². The molecule has 3 rings (SSSR count). The van der Waals surface area contributed by atoms with Crippen molar-refractivity contribution in [3.63, 3.8) is 0 Å². The highest BCUT2D eigenvalue weighted by atomic mass is 32.1. The fourth-order valence-electron chi connectivity index (χ4n) is 2.48. The zero-order chi connectivity index (χ0) is 20.8. The Bertz CT molecular complexity index is 1070. The van der Waals surface area contributed by atoms with Crippen molar-refractivity contribution >= 4 is 28.9 Å². The Morgan fingerprint density at radius 2 is 1.97 bits per heavy atom. The molecule has 1 N–H and O–H groups in total. The number of nitrogens with one attached hydrogen (secondary N) is 1. The largest absolute Gasteiger partial charge is 0.452 e. The third-order valence-corrected chi connectivity index (χ3v) is 4.89. The van der Waals surface area contributed by atoms with Crippen LogP contribution < -0.4 is 5.32 Å². The number of ether oxygens (including phenoxy) is 1. The third-order valence-electron chi connectivity index (χ3n) is 3.95. The van der Waals surface area contributed by atoms with Gasteiger partial charge in [-0.05, 0) is 43.3 Å². The van der Waals surface area contributed by atoms with Gasteiger partial charge in [0.15, 0.2) is 6.10 Å². The number of nitrogens with zero attached hydrogens (tertiary/aromatic N) is 2. The number of halogens is 1. The molecule has 1 heterocycles. The summed E-state index contributed by atoms with van der Waals surface area (Å²) in [7, 11) is 0. The van der Waals surface area contributed by atoms with Gasteiger partial charge in [0, 0.05) is 10.9 Å². The zero-order valence-electron chi connectivity index (χ0n) is 15.4. The van der Waals surface area contributed by atoms with E-state index in [1.807, 2.05) is 6.07 Å². The summed E-state index contributed by atoms with van der Waals surface area (Å²) in [5.74, 6) is -1.47. The molecule has 6 nitrogen and oxygen atoms in total. The van der Waals surface area contributed by atoms with E-state index in [0.717, 1.165) is 5.56 Å². The summed E-state index contributed by atoms with van der Waals surface area (Å²) in [6.45, 7) is 1.45. The number of benzene rings is 2. The van der Waals surface area contributed by atoms with Crippen molar-refractivity contribution in [2.45, 2.75) is 19.4 Å². The van der Waals surface area contributed by atoms with E-state index in [4.69, 9.17) is 10.00 Å². The minimum absolute atomic E-state index is 0.0932. The Balaban J connectivity index is 1.57. The lowest BCUT2D eigenvalue weighted by Gasteiger charge is -2.13. The smallest absolute Gasteiger partial charge is 0.312 e. The van der Waals surface area contributed by atoms with Crippen LogP contribution in [-0.2, 0) is 20.7 Å². The van der Waals surface area contributed by atoms with E-state index in [1.54, 1.807) is 41.8 Å². The van der Waals surface area contributed by atoms with Crippen molar-refractivity contribution in [1.82, 2.24) is 4.98 Å². The maximum Gasteiger partial charge on any atom is 0.312 e. The normalized spacial score (nSPS) is 11.3. The van der Waals surface area contributed by atoms with E-state index >= 15 is 0 Å². The quantitative estimate of drug-likeness (QED) is 0.623. The van der Waals surface area contributed by atoms with Crippen LogP contribution in [0.4, 0.5) is 10.1 Å². The van der Waals surface area contributed by atoms with E-state index < -0.39 is 18.0 Å². The van der Waals surface area contributed by atoms with Crippen LogP contribution in [0.1, 0.15) is 18.2 Å². The topological polar surface area (TPSA) is 92.1 Å². The standard InChI is InChI=1S/C21H16FN3O3S/c1-13(20(27)25-18-5-3-2-4-15(18)11-23)28-19(26)10-17-12-29-21(24-17)14-6-8-16(22)9-7-14/h2-9,12-13H,10H2,1H3,(H,25,27)/t13-/m1/s1. The van der Waals surface area contributed by atoms with Gasteiger partial charge in [-0.15, -0.1) is 11.3 Å². The van der Waals surface area contributed by atoms with Crippen LogP contribution in [-0.4, -0.2) is 23.0 Å². The second kappa shape index (κ2) is 9.08. The number of hydrogen-bond acceptors (Lipinski definition) is 6. The van der Waals surface area contributed by atoms with Gasteiger partial charge in [-0.3, -0.25) is 9.59 Å². The maximum absolute atomic E-state index is 13.0. The lowest BCUT2D eigenvalue weighted by molar-refractivity contribution is -0.152. The van der Waals surface area contributed by atoms with Crippen molar-refractivity contribution in [2.75, 3.05) is 5.32 Å². The summed E-state index contributed by atoms with van der Waals surface area (Å²) in [5.41, 5.74) is 1.92. The number of nitriles is 1. The Kier molecular flexibility index (Phi) is 6.32. The second-order valence-electron chi connectivity index (χ2n) is 6.11. The first-order chi connectivity index (χ1) is 14.0. The van der Waals surface area contributed by atoms with Gasteiger partial charge in [0.25, 0.3) is 5.91 Å². The predicted octanol–water partition coefficient (Wildman–Crippen LogP) is 3.93. The molecule has 0 aliphatic carbocycles. The number of rotatable bonds is 6. The number of esters is 1. The Hall–Kier alpha value is -3.57. The summed E-state index contributed by atoms with van der Waals surface area (Å²) in [4.78, 5) is 28.7. The molecule has 0 unspecified atom stereocenters. The summed E-state index contributed by atoms with van der Waals surface area (Å²) < 4.78 is 18.2. The number of para-hydroxylation sites is 1. The van der Waals surface area contributed by atoms with Crippen LogP contribution >= 0.6 is 11.3 Å². The molecule has 0 aliphatic heterocycles. The van der Waals surface area contributed by atoms with Crippen molar-refractivity contribution in [1.29, 1.82) is 5.26 Å². The number of carbonyl (C=O) groups excluding carboxylic acids is 2. The molecule has 1 aromatic heterocycles. The van der Waals surface area contributed by atoms with Crippen molar-refractivity contribution < 1.29 is 18.7 Å². The fourth-order valence-corrected chi connectivity index (χ4v) is 3.30. The number of anilines is 1. The summed E-state index contributed by atoms with van der Waals surface area (Å²) in [6.07, 6.45) is -1.13. The molecule has 3 aromatic rings. The minimum atomic E-state index is -1.04. The molecule has 0 radical (unpaired) electrons. The fraction of sp³-hybridized carbons (Fsp3) is 0.143. The van der Waals surface area contributed by atoms with Crippen LogP contribution in [0.3, 0.4) is 0 Å². The van der Waals surface area contributed by atoms with Crippen molar-refractivity contribution in [3.05, 3.63) is 71.0 Å². The van der Waals surface area contributed by atoms with Gasteiger partial charge in [-0.25, -0.2) is 9.37 Å². The number of carbonyl (C=O) groups is 2. The van der Waals surface area contributed by atoms with Crippen molar-refractivity contribution in [2.24, 2.45) is 0 Å². The average molecular weight is 409 g/mol. The summed E-state index contributed by atoms with van der Waals surface area (Å²) in [5, 5.41) is 14.0. The van der Waals surface area contributed by atoms with Crippen LogP contribution in [0, 0.1) is 17.1 Å². The van der Waals surface area contributed by atoms with Crippen LogP contribution in [0.2, 0.25) is 0 Å². The Morgan fingerprint density at radius 1 is 1.24 bits per heavy atom. The molecule has 0 fully saturated rings. The van der Waals surface area contributed by atoms with E-state index in [2.05, 4.69) is 10.3 Å². The summed E-state index contributed by atoms with van der Waals surface area (Å²) >= 11 is 1.33. The Labute approximate surface area is 170 Å². The lowest BCUT2D eigenvalue weighted by Crippen LogP contribution is -2.30. The molecule has 2 aromatic carbocycles. The molecular weight excluding hydrogens is 393 g/mol. The number of thiazole rings is 1. The number of aromatic nitrogens is 1. The van der Waals surface area contributed by atoms with Crippen molar-refractivity contribution in [3.8, 4) is 16.6 Å². The first-order valence-electron chi connectivity index (χ1n) is 8.66. The van der Waals surface area contributed by atoms with Crippen LogP contribution in [0.25, 0.3) is 10.6 Å². The first kappa shape index (κ1) is 20.2. The number of amides is 1. The summed E-state index contributed by atoms with van der Waals surface area (Å²) in [6, 6.07) is 14.4. The lowest BCUT2D eigenvalue weighted by atomic mass is 10.2. The molecule has 1 atom stereocenters. The van der Waals surface area contributed by atoms with Gasteiger partial charge in [0.05, 0.1) is 23.4 Å². The van der Waals surface area contributed by atoms with Gasteiger partial charge in [-0.2, -0.15) is 5.26 Å². The maximum atomic E-state index is 13.0. The molecule has 0 saturated carbocycles. The monoisotopic (exact) mass is 409 g/mol. The predicted molar refractivity (Wildman–Crippen MR) is 107 cm³/mol. The molecule has 146 valence electrons. The highest BCUT2D eigenvalue weighted by Crippen LogP contribution is 2.24. The van der Waals surface area contributed by atoms with Gasteiger partial charge in [0.2, 0.25) is 0 Å². The average Bonchev–Trinajstić information content (AvgIpc) is 3.17. The van der Waals surface area contributed by atoms with E-state index in [9.17, 15) is 14.0 Å². The van der Waals surface area contributed by atoms with E-state index in [-0.39, 0.29) is 12.2 Å². The molecule has 8 heteroatoms. The van der Waals surface area contributed by atoms with Crippen LogP contribution in [0.15, 0.2) is 53.9 Å². The second-order valence-corrected chi connectivity index (χ2v) is 6.96. The van der Waals surface area contributed by atoms with Gasteiger partial charge < -0.3 is 10.1 Å². The molecule has 0 saturated heterocycles. The first-order valence-corrected chi connectivity index (χ1v) is 9.54. The molecule has 0 aliphatic rings.